The predicted molar refractivity (Wildman–Crippen MR) is 82.3 cm³/mol. The summed E-state index contributed by atoms with van der Waals surface area (Å²) in [5.41, 5.74) is 2.88. The number of phenols is 1. The first-order valence-electron chi connectivity index (χ1n) is 5.74. The van der Waals surface area contributed by atoms with Crippen LogP contribution in [0, 0.1) is 5.82 Å². The van der Waals surface area contributed by atoms with Crippen LogP contribution in [0.2, 0.25) is 5.02 Å². The molecule has 7 heteroatoms. The summed E-state index contributed by atoms with van der Waals surface area (Å²) < 4.78 is 13.2. The van der Waals surface area contributed by atoms with Gasteiger partial charge in [-0.3, -0.25) is 4.79 Å². The molecule has 0 atom stereocenters. The summed E-state index contributed by atoms with van der Waals surface area (Å²) in [6, 6.07) is 8.07. The third-order valence-corrected chi connectivity index (χ3v) is 3.36. The second-order valence-electron chi connectivity index (χ2n) is 4.03. The number of hydrazone groups is 1. The van der Waals surface area contributed by atoms with Gasteiger partial charge >= 0.3 is 0 Å². The lowest BCUT2D eigenvalue weighted by Crippen LogP contribution is -2.17. The van der Waals surface area contributed by atoms with E-state index in [4.69, 9.17) is 11.6 Å². The maximum atomic E-state index is 12.7. The molecular formula is C14H9BrClFN2O2. The molecule has 0 heterocycles. The number of halogens is 3. The van der Waals surface area contributed by atoms with Crippen LogP contribution < -0.4 is 5.43 Å². The fourth-order valence-corrected chi connectivity index (χ4v) is 2.34. The molecule has 2 aromatic rings. The maximum Gasteiger partial charge on any atom is 0.271 e. The third kappa shape index (κ3) is 4.03. The van der Waals surface area contributed by atoms with Crippen molar-refractivity contribution < 1.29 is 14.3 Å². The Morgan fingerprint density at radius 1 is 1.33 bits per heavy atom. The Kier molecular flexibility index (Phi) is 4.93. The van der Waals surface area contributed by atoms with Crippen molar-refractivity contribution in [2.45, 2.75) is 0 Å². The normalized spacial score (nSPS) is 10.8. The number of carbonyl (C=O) groups is 1. The number of hydrogen-bond donors (Lipinski definition) is 2. The van der Waals surface area contributed by atoms with E-state index in [-0.39, 0.29) is 11.3 Å². The lowest BCUT2D eigenvalue weighted by Gasteiger charge is -2.03. The number of carbonyl (C=O) groups excluding carboxylic acids is 1. The second kappa shape index (κ2) is 6.69. The van der Waals surface area contributed by atoms with Gasteiger partial charge in [0.2, 0.25) is 0 Å². The van der Waals surface area contributed by atoms with E-state index < -0.39 is 11.7 Å². The molecule has 0 saturated heterocycles. The quantitative estimate of drug-likeness (QED) is 0.638. The first kappa shape index (κ1) is 15.5. The minimum absolute atomic E-state index is 0.0424. The van der Waals surface area contributed by atoms with Gasteiger partial charge in [-0.1, -0.05) is 11.6 Å². The van der Waals surface area contributed by atoms with Crippen LogP contribution in [-0.2, 0) is 0 Å². The fourth-order valence-electron chi connectivity index (χ4n) is 1.51. The molecule has 1 amide bonds. The van der Waals surface area contributed by atoms with Crippen LogP contribution in [0.25, 0.3) is 0 Å². The summed E-state index contributed by atoms with van der Waals surface area (Å²) in [4.78, 5) is 11.7. The van der Waals surface area contributed by atoms with Crippen molar-refractivity contribution >= 4 is 39.7 Å². The summed E-state index contributed by atoms with van der Waals surface area (Å²) in [7, 11) is 0. The molecular weight excluding hydrogens is 363 g/mol. The van der Waals surface area contributed by atoms with Crippen LogP contribution in [0.5, 0.6) is 5.75 Å². The van der Waals surface area contributed by atoms with Gasteiger partial charge < -0.3 is 5.11 Å². The van der Waals surface area contributed by atoms with Gasteiger partial charge in [-0.2, -0.15) is 5.10 Å². The van der Waals surface area contributed by atoms with Crippen molar-refractivity contribution in [3.63, 3.8) is 0 Å². The van der Waals surface area contributed by atoms with Crippen molar-refractivity contribution in [1.29, 1.82) is 0 Å². The molecule has 0 bridgehead atoms. The molecule has 0 aliphatic carbocycles. The number of hydrogen-bond acceptors (Lipinski definition) is 3. The molecule has 0 spiro atoms. The summed E-state index contributed by atoms with van der Waals surface area (Å²) in [6.07, 6.45) is 1.26. The number of benzene rings is 2. The molecule has 21 heavy (non-hydrogen) atoms. The monoisotopic (exact) mass is 370 g/mol. The van der Waals surface area contributed by atoms with Gasteiger partial charge in [0.1, 0.15) is 11.6 Å². The highest BCUT2D eigenvalue weighted by atomic mass is 79.9. The average Bonchev–Trinajstić information content (AvgIpc) is 2.44. The lowest BCUT2D eigenvalue weighted by molar-refractivity contribution is 0.0955. The highest BCUT2D eigenvalue weighted by molar-refractivity contribution is 9.10. The minimum Gasteiger partial charge on any atom is -0.506 e. The molecule has 2 rings (SSSR count). The number of rotatable bonds is 3. The molecule has 0 aromatic heterocycles. The van der Waals surface area contributed by atoms with Crippen LogP contribution in [0.4, 0.5) is 4.39 Å². The number of aromatic hydroxyl groups is 1. The topological polar surface area (TPSA) is 61.7 Å². The van der Waals surface area contributed by atoms with Crippen molar-refractivity contribution in [2.75, 3.05) is 0 Å². The molecule has 0 saturated carbocycles. The Labute approximate surface area is 133 Å². The number of nitrogens with one attached hydrogen (secondary N) is 1. The van der Waals surface area contributed by atoms with Crippen LogP contribution in [0.15, 0.2) is 46.0 Å². The zero-order valence-electron chi connectivity index (χ0n) is 10.5. The summed E-state index contributed by atoms with van der Waals surface area (Å²) >= 11 is 8.99. The van der Waals surface area contributed by atoms with Crippen LogP contribution in [0.1, 0.15) is 15.9 Å². The predicted octanol–water partition coefficient (Wildman–Crippen LogP) is 3.71. The molecule has 0 aliphatic rings. The van der Waals surface area contributed by atoms with E-state index in [2.05, 4.69) is 26.5 Å². The zero-order valence-corrected chi connectivity index (χ0v) is 12.8. The van der Waals surface area contributed by atoms with Crippen LogP contribution in [0.3, 0.4) is 0 Å². The molecule has 108 valence electrons. The number of nitrogens with zero attached hydrogens (tertiary/aromatic N) is 1. The van der Waals surface area contributed by atoms with Gasteiger partial charge in [0.25, 0.3) is 5.91 Å². The van der Waals surface area contributed by atoms with Gasteiger partial charge in [-0.05, 0) is 52.3 Å². The molecule has 2 N–H and O–H groups in total. The Bertz CT molecular complexity index is 705. The third-order valence-electron chi connectivity index (χ3n) is 2.53. The highest BCUT2D eigenvalue weighted by Gasteiger charge is 2.07. The Balaban J connectivity index is 2.09. The van der Waals surface area contributed by atoms with Gasteiger partial charge in [-0.25, -0.2) is 9.82 Å². The standard InChI is InChI=1S/C14H9BrClFN2O2/c15-12-6-10(16)5-9(13(12)20)7-18-19-14(21)8-1-3-11(17)4-2-8/h1-7,20H,(H,19,21)/b18-7-. The van der Waals surface area contributed by atoms with Gasteiger partial charge in [0, 0.05) is 16.1 Å². The molecule has 2 aromatic carbocycles. The molecule has 0 fully saturated rings. The summed E-state index contributed by atoms with van der Waals surface area (Å²) in [5.74, 6) is -0.963. The summed E-state index contributed by atoms with van der Waals surface area (Å²) in [6.45, 7) is 0. The van der Waals surface area contributed by atoms with Crippen molar-refractivity contribution in [3.8, 4) is 5.75 Å². The highest BCUT2D eigenvalue weighted by Crippen LogP contribution is 2.30. The largest absolute Gasteiger partial charge is 0.506 e. The van der Waals surface area contributed by atoms with Crippen LogP contribution in [-0.4, -0.2) is 17.2 Å². The first-order valence-corrected chi connectivity index (χ1v) is 6.91. The fraction of sp³-hybridized carbons (Fsp3) is 0. The van der Waals surface area contributed by atoms with E-state index in [1.54, 1.807) is 0 Å². The van der Waals surface area contributed by atoms with Crippen molar-refractivity contribution in [3.05, 3.63) is 62.8 Å². The van der Waals surface area contributed by atoms with E-state index >= 15 is 0 Å². The molecule has 0 unspecified atom stereocenters. The Morgan fingerprint density at radius 2 is 2.00 bits per heavy atom. The van der Waals surface area contributed by atoms with Gasteiger partial charge in [0.05, 0.1) is 10.7 Å². The molecule has 0 aliphatic heterocycles. The van der Waals surface area contributed by atoms with E-state index in [0.717, 1.165) is 0 Å². The SMILES string of the molecule is O=C(N/N=C\c1cc(Cl)cc(Br)c1O)c1ccc(F)cc1. The Hall–Kier alpha value is -1.92. The Morgan fingerprint density at radius 3 is 2.67 bits per heavy atom. The summed E-state index contributed by atoms with van der Waals surface area (Å²) in [5, 5.41) is 13.9. The maximum absolute atomic E-state index is 12.7. The number of amides is 1. The van der Waals surface area contributed by atoms with E-state index in [1.807, 2.05) is 0 Å². The van der Waals surface area contributed by atoms with E-state index in [0.29, 0.717) is 15.1 Å². The van der Waals surface area contributed by atoms with Gasteiger partial charge in [-0.15, -0.1) is 0 Å². The second-order valence-corrected chi connectivity index (χ2v) is 5.32. The first-order chi connectivity index (χ1) is 9.97. The molecule has 4 nitrogen and oxygen atoms in total. The smallest absolute Gasteiger partial charge is 0.271 e. The lowest BCUT2D eigenvalue weighted by atomic mass is 10.2. The minimum atomic E-state index is -0.494. The molecule has 0 radical (unpaired) electrons. The average molecular weight is 372 g/mol. The number of phenolic OH excluding ortho intramolecular Hbond substituents is 1. The van der Waals surface area contributed by atoms with Crippen LogP contribution >= 0.6 is 27.5 Å². The van der Waals surface area contributed by atoms with Gasteiger partial charge in [0.15, 0.2) is 0 Å². The van der Waals surface area contributed by atoms with E-state index in [1.165, 1.54) is 42.6 Å². The van der Waals surface area contributed by atoms with Crippen molar-refractivity contribution in [2.24, 2.45) is 5.10 Å². The van der Waals surface area contributed by atoms with Crippen molar-refractivity contribution in [1.82, 2.24) is 5.43 Å². The zero-order chi connectivity index (χ0) is 15.4. The van der Waals surface area contributed by atoms with E-state index in [9.17, 15) is 14.3 Å².